The second-order valence-electron chi connectivity index (χ2n) is 4.17. The first kappa shape index (κ1) is 11.3. The van der Waals surface area contributed by atoms with Crippen LogP contribution in [0.25, 0.3) is 10.1 Å². The molecule has 90 valence electrons. The summed E-state index contributed by atoms with van der Waals surface area (Å²) in [5.74, 6) is 0. The fourth-order valence-corrected chi connectivity index (χ4v) is 2.87. The predicted octanol–water partition coefficient (Wildman–Crippen LogP) is 3.08. The Bertz CT molecular complexity index is 676. The summed E-state index contributed by atoms with van der Waals surface area (Å²) < 4.78 is 1.10. The van der Waals surface area contributed by atoms with Gasteiger partial charge in [0.2, 0.25) is 0 Å². The number of aliphatic hydroxyl groups excluding tert-OH is 1. The highest BCUT2D eigenvalue weighted by atomic mass is 32.1. The van der Waals surface area contributed by atoms with Crippen molar-refractivity contribution in [3.05, 3.63) is 59.0 Å². The molecule has 3 rings (SSSR count). The molecule has 18 heavy (non-hydrogen) atoms. The van der Waals surface area contributed by atoms with Crippen LogP contribution in [-0.4, -0.2) is 15.1 Å². The largest absolute Gasteiger partial charge is 0.382 e. The average molecular weight is 256 g/mol. The van der Waals surface area contributed by atoms with E-state index in [1.54, 1.807) is 23.7 Å². The van der Waals surface area contributed by atoms with Crippen molar-refractivity contribution in [2.75, 3.05) is 0 Å². The Morgan fingerprint density at radius 1 is 1.17 bits per heavy atom. The van der Waals surface area contributed by atoms with E-state index < -0.39 is 6.10 Å². The maximum Gasteiger partial charge on any atom is 0.124 e. The molecule has 0 spiro atoms. The first-order chi connectivity index (χ1) is 8.75. The molecule has 0 aliphatic rings. The van der Waals surface area contributed by atoms with E-state index in [4.69, 9.17) is 0 Å². The lowest BCUT2D eigenvalue weighted by atomic mass is 10.1. The number of aromatic nitrogens is 2. The molecule has 0 saturated heterocycles. The Balaban J connectivity index is 2.08. The lowest BCUT2D eigenvalue weighted by Crippen LogP contribution is -2.03. The minimum atomic E-state index is -0.722. The lowest BCUT2D eigenvalue weighted by Gasteiger charge is -2.11. The number of aryl methyl sites for hydroxylation is 1. The van der Waals surface area contributed by atoms with Crippen LogP contribution in [-0.2, 0) is 0 Å². The first-order valence-electron chi connectivity index (χ1n) is 5.68. The molecule has 3 nitrogen and oxygen atoms in total. The molecule has 3 aromatic rings. The number of hydrogen-bond donors (Lipinski definition) is 1. The number of fused-ring (bicyclic) bond motifs is 1. The Labute approximate surface area is 109 Å². The molecule has 0 amide bonds. The van der Waals surface area contributed by atoms with Crippen molar-refractivity contribution >= 4 is 21.4 Å². The van der Waals surface area contributed by atoms with Gasteiger partial charge in [0, 0.05) is 16.5 Å². The third kappa shape index (κ3) is 1.89. The van der Waals surface area contributed by atoms with Crippen molar-refractivity contribution in [3.8, 4) is 0 Å². The van der Waals surface area contributed by atoms with Gasteiger partial charge in [0.15, 0.2) is 0 Å². The monoisotopic (exact) mass is 256 g/mol. The van der Waals surface area contributed by atoms with Crippen LogP contribution in [0.15, 0.2) is 42.0 Å². The Morgan fingerprint density at radius 2 is 2.06 bits per heavy atom. The van der Waals surface area contributed by atoms with Gasteiger partial charge in [-0.2, -0.15) is 0 Å². The lowest BCUT2D eigenvalue weighted by molar-refractivity contribution is 0.216. The highest BCUT2D eigenvalue weighted by Crippen LogP contribution is 2.31. The molecule has 2 aromatic heterocycles. The van der Waals surface area contributed by atoms with Crippen molar-refractivity contribution in [2.24, 2.45) is 0 Å². The Kier molecular flexibility index (Phi) is 2.81. The van der Waals surface area contributed by atoms with Gasteiger partial charge in [-0.25, -0.2) is 0 Å². The summed E-state index contributed by atoms with van der Waals surface area (Å²) in [5.41, 5.74) is 2.32. The van der Waals surface area contributed by atoms with Gasteiger partial charge in [0.1, 0.15) is 6.10 Å². The molecule has 0 fully saturated rings. The topological polar surface area (TPSA) is 46.0 Å². The molecule has 0 aliphatic carbocycles. The van der Waals surface area contributed by atoms with Gasteiger partial charge in [-0.3, -0.25) is 9.97 Å². The number of thiophene rings is 1. The van der Waals surface area contributed by atoms with E-state index in [0.717, 1.165) is 21.3 Å². The number of benzene rings is 1. The number of nitrogens with zero attached hydrogens (tertiary/aromatic N) is 2. The SMILES string of the molecule is Cc1cnc(C(O)c2cccc3ccsc23)cn1. The third-order valence-electron chi connectivity index (χ3n) is 2.89. The summed E-state index contributed by atoms with van der Waals surface area (Å²) in [6.07, 6.45) is 2.58. The molecule has 1 atom stereocenters. The van der Waals surface area contributed by atoms with Crippen LogP contribution in [0.4, 0.5) is 0 Å². The van der Waals surface area contributed by atoms with E-state index >= 15 is 0 Å². The number of rotatable bonds is 2. The zero-order valence-corrected chi connectivity index (χ0v) is 10.7. The van der Waals surface area contributed by atoms with E-state index in [9.17, 15) is 5.11 Å². The second-order valence-corrected chi connectivity index (χ2v) is 5.09. The highest BCUT2D eigenvalue weighted by Gasteiger charge is 2.15. The van der Waals surface area contributed by atoms with E-state index in [1.807, 2.05) is 30.5 Å². The number of aliphatic hydroxyl groups is 1. The maximum absolute atomic E-state index is 10.4. The average Bonchev–Trinajstić information content (AvgIpc) is 2.87. The van der Waals surface area contributed by atoms with Crippen LogP contribution in [0.3, 0.4) is 0 Å². The highest BCUT2D eigenvalue weighted by molar-refractivity contribution is 7.17. The maximum atomic E-state index is 10.4. The van der Waals surface area contributed by atoms with Gasteiger partial charge < -0.3 is 5.11 Å². The van der Waals surface area contributed by atoms with Crippen LogP contribution in [0.5, 0.6) is 0 Å². The van der Waals surface area contributed by atoms with Crippen molar-refractivity contribution in [3.63, 3.8) is 0 Å². The summed E-state index contributed by atoms with van der Waals surface area (Å²) in [6.45, 7) is 1.88. The minimum Gasteiger partial charge on any atom is -0.382 e. The summed E-state index contributed by atoms with van der Waals surface area (Å²) >= 11 is 1.63. The summed E-state index contributed by atoms with van der Waals surface area (Å²) in [7, 11) is 0. The van der Waals surface area contributed by atoms with Crippen LogP contribution in [0, 0.1) is 6.92 Å². The zero-order chi connectivity index (χ0) is 12.5. The van der Waals surface area contributed by atoms with Crippen LogP contribution < -0.4 is 0 Å². The van der Waals surface area contributed by atoms with Gasteiger partial charge in [-0.15, -0.1) is 11.3 Å². The van der Waals surface area contributed by atoms with Crippen molar-refractivity contribution in [1.29, 1.82) is 0 Å². The van der Waals surface area contributed by atoms with E-state index in [2.05, 4.69) is 16.0 Å². The zero-order valence-electron chi connectivity index (χ0n) is 9.87. The molecule has 0 radical (unpaired) electrons. The Hall–Kier alpha value is -1.78. The van der Waals surface area contributed by atoms with Gasteiger partial charge in [-0.05, 0) is 23.8 Å². The minimum absolute atomic E-state index is 0.585. The molecule has 1 unspecified atom stereocenters. The molecular formula is C14H12N2OS. The predicted molar refractivity (Wildman–Crippen MR) is 72.7 cm³/mol. The summed E-state index contributed by atoms with van der Waals surface area (Å²) in [6, 6.07) is 7.99. The third-order valence-corrected chi connectivity index (χ3v) is 3.86. The molecule has 4 heteroatoms. The summed E-state index contributed by atoms with van der Waals surface area (Å²) in [5, 5.41) is 13.6. The molecule has 0 saturated carbocycles. The second kappa shape index (κ2) is 4.48. The fraction of sp³-hybridized carbons (Fsp3) is 0.143. The molecular weight excluding hydrogens is 244 g/mol. The standard InChI is InChI=1S/C14H12N2OS/c1-9-7-16-12(8-15-9)13(17)11-4-2-3-10-5-6-18-14(10)11/h2-8,13,17H,1H3. The first-order valence-corrected chi connectivity index (χ1v) is 6.56. The number of hydrogen-bond acceptors (Lipinski definition) is 4. The van der Waals surface area contributed by atoms with Gasteiger partial charge in [0.25, 0.3) is 0 Å². The van der Waals surface area contributed by atoms with Crippen molar-refractivity contribution in [2.45, 2.75) is 13.0 Å². The fourth-order valence-electron chi connectivity index (χ4n) is 1.93. The smallest absolute Gasteiger partial charge is 0.124 e. The van der Waals surface area contributed by atoms with E-state index in [-0.39, 0.29) is 0 Å². The van der Waals surface area contributed by atoms with Crippen molar-refractivity contribution < 1.29 is 5.11 Å². The van der Waals surface area contributed by atoms with Crippen LogP contribution in [0.2, 0.25) is 0 Å². The van der Waals surface area contributed by atoms with Crippen LogP contribution in [0.1, 0.15) is 23.1 Å². The summed E-state index contributed by atoms with van der Waals surface area (Å²) in [4.78, 5) is 8.41. The van der Waals surface area contributed by atoms with Crippen LogP contribution >= 0.6 is 11.3 Å². The molecule has 1 aromatic carbocycles. The van der Waals surface area contributed by atoms with Crippen molar-refractivity contribution in [1.82, 2.24) is 9.97 Å². The van der Waals surface area contributed by atoms with Gasteiger partial charge in [-0.1, -0.05) is 18.2 Å². The van der Waals surface area contributed by atoms with Gasteiger partial charge in [0.05, 0.1) is 17.6 Å². The normalized spacial score (nSPS) is 12.8. The molecule has 0 aliphatic heterocycles. The van der Waals surface area contributed by atoms with E-state index in [0.29, 0.717) is 5.69 Å². The van der Waals surface area contributed by atoms with E-state index in [1.165, 1.54) is 0 Å². The quantitative estimate of drug-likeness (QED) is 0.766. The van der Waals surface area contributed by atoms with Gasteiger partial charge >= 0.3 is 0 Å². The molecule has 2 heterocycles. The molecule has 0 bridgehead atoms. The molecule has 1 N–H and O–H groups in total. The Morgan fingerprint density at radius 3 is 2.83 bits per heavy atom.